The van der Waals surface area contributed by atoms with Crippen molar-refractivity contribution in [2.24, 2.45) is 11.3 Å². The number of carbonyl (C=O) groups excluding carboxylic acids is 1. The molecule has 14 heavy (non-hydrogen) atoms. The molecule has 1 aliphatic heterocycles. The van der Waals surface area contributed by atoms with Crippen LogP contribution in [0.5, 0.6) is 0 Å². The predicted octanol–water partition coefficient (Wildman–Crippen LogP) is 0.854. The molecule has 80 valence electrons. The minimum atomic E-state index is 0.245. The summed E-state index contributed by atoms with van der Waals surface area (Å²) in [5, 5.41) is 2.75. The van der Waals surface area contributed by atoms with Crippen LogP contribution in [-0.2, 0) is 4.79 Å². The molecular weight excluding hydrogens is 176 g/mol. The number of piperidine rings is 1. The SMILES string of the molecule is CNC(=O)C1CC2(CCN(C)CC2)C1. The predicted molar refractivity (Wildman–Crippen MR) is 56.0 cm³/mol. The second-order valence-corrected chi connectivity index (χ2v) is 5.02. The Bertz CT molecular complexity index is 223. The van der Waals surface area contributed by atoms with Crippen LogP contribution in [0.15, 0.2) is 0 Å². The monoisotopic (exact) mass is 196 g/mol. The Morgan fingerprint density at radius 1 is 1.36 bits per heavy atom. The number of carbonyl (C=O) groups is 1. The molecule has 2 aliphatic rings. The minimum absolute atomic E-state index is 0.245. The van der Waals surface area contributed by atoms with Gasteiger partial charge in [-0.25, -0.2) is 0 Å². The van der Waals surface area contributed by atoms with Gasteiger partial charge in [-0.1, -0.05) is 0 Å². The van der Waals surface area contributed by atoms with E-state index in [0.717, 1.165) is 12.8 Å². The van der Waals surface area contributed by atoms with E-state index in [9.17, 15) is 4.79 Å². The van der Waals surface area contributed by atoms with E-state index in [-0.39, 0.29) is 5.91 Å². The number of nitrogens with zero attached hydrogens (tertiary/aromatic N) is 1. The lowest BCUT2D eigenvalue weighted by molar-refractivity contribution is -0.134. The van der Waals surface area contributed by atoms with Crippen molar-refractivity contribution >= 4 is 5.91 Å². The van der Waals surface area contributed by atoms with Crippen LogP contribution in [0.1, 0.15) is 25.7 Å². The molecule has 0 atom stereocenters. The third-order valence-electron chi connectivity index (χ3n) is 4.02. The van der Waals surface area contributed by atoms with Crippen molar-refractivity contribution in [3.63, 3.8) is 0 Å². The number of hydrogen-bond donors (Lipinski definition) is 1. The molecule has 1 spiro atoms. The molecule has 1 heterocycles. The zero-order valence-corrected chi connectivity index (χ0v) is 9.18. The van der Waals surface area contributed by atoms with Gasteiger partial charge in [-0.15, -0.1) is 0 Å². The Kier molecular flexibility index (Phi) is 2.52. The van der Waals surface area contributed by atoms with E-state index >= 15 is 0 Å². The third-order valence-corrected chi connectivity index (χ3v) is 4.02. The molecule has 1 N–H and O–H groups in total. The number of hydrogen-bond acceptors (Lipinski definition) is 2. The van der Waals surface area contributed by atoms with Crippen molar-refractivity contribution in [3.8, 4) is 0 Å². The highest BCUT2D eigenvalue weighted by atomic mass is 16.1. The number of amides is 1. The van der Waals surface area contributed by atoms with E-state index in [0.29, 0.717) is 11.3 Å². The summed E-state index contributed by atoms with van der Waals surface area (Å²) in [5.74, 6) is 0.554. The Labute approximate surface area is 85.8 Å². The average Bonchev–Trinajstić information content (AvgIpc) is 2.15. The normalized spacial score (nSPS) is 27.3. The first kappa shape index (κ1) is 9.97. The van der Waals surface area contributed by atoms with Gasteiger partial charge < -0.3 is 10.2 Å². The molecule has 3 heteroatoms. The minimum Gasteiger partial charge on any atom is -0.359 e. The van der Waals surface area contributed by atoms with Crippen LogP contribution in [0.25, 0.3) is 0 Å². The van der Waals surface area contributed by atoms with Gasteiger partial charge in [0.15, 0.2) is 0 Å². The lowest BCUT2D eigenvalue weighted by atomic mass is 9.57. The van der Waals surface area contributed by atoms with Crippen molar-refractivity contribution in [1.29, 1.82) is 0 Å². The molecule has 1 saturated heterocycles. The standard InChI is InChI=1S/C11H20N2O/c1-12-10(14)9-7-11(8-9)3-5-13(2)6-4-11/h9H,3-8H2,1-2H3,(H,12,14). The molecule has 2 rings (SSSR count). The van der Waals surface area contributed by atoms with Crippen LogP contribution in [0.2, 0.25) is 0 Å². The Morgan fingerprint density at radius 3 is 2.43 bits per heavy atom. The van der Waals surface area contributed by atoms with E-state index in [1.54, 1.807) is 7.05 Å². The van der Waals surface area contributed by atoms with Crippen LogP contribution in [0.4, 0.5) is 0 Å². The molecule has 0 aromatic rings. The van der Waals surface area contributed by atoms with Gasteiger partial charge in [-0.3, -0.25) is 4.79 Å². The van der Waals surface area contributed by atoms with E-state index in [1.165, 1.54) is 25.9 Å². The summed E-state index contributed by atoms with van der Waals surface area (Å²) >= 11 is 0. The van der Waals surface area contributed by atoms with Crippen LogP contribution >= 0.6 is 0 Å². The molecule has 0 unspecified atom stereocenters. The van der Waals surface area contributed by atoms with Crippen molar-refractivity contribution in [2.45, 2.75) is 25.7 Å². The number of rotatable bonds is 1. The zero-order valence-electron chi connectivity index (χ0n) is 9.18. The zero-order chi connectivity index (χ0) is 10.2. The Balaban J connectivity index is 1.83. The van der Waals surface area contributed by atoms with Gasteiger partial charge in [0, 0.05) is 13.0 Å². The molecule has 1 aliphatic carbocycles. The lowest BCUT2D eigenvalue weighted by Crippen LogP contribution is -2.49. The summed E-state index contributed by atoms with van der Waals surface area (Å²) in [5.41, 5.74) is 0.531. The quantitative estimate of drug-likeness (QED) is 0.674. The molecule has 0 aromatic carbocycles. The van der Waals surface area contributed by atoms with Crippen LogP contribution in [-0.4, -0.2) is 38.0 Å². The molecule has 3 nitrogen and oxygen atoms in total. The van der Waals surface area contributed by atoms with Gasteiger partial charge in [0.05, 0.1) is 0 Å². The maximum atomic E-state index is 11.4. The van der Waals surface area contributed by atoms with Gasteiger partial charge in [0.1, 0.15) is 0 Å². The topological polar surface area (TPSA) is 32.3 Å². The highest BCUT2D eigenvalue weighted by Crippen LogP contribution is 2.52. The van der Waals surface area contributed by atoms with Gasteiger partial charge in [-0.2, -0.15) is 0 Å². The number of nitrogens with one attached hydrogen (secondary N) is 1. The summed E-state index contributed by atoms with van der Waals surface area (Å²) in [6.45, 7) is 2.42. The first-order chi connectivity index (χ1) is 6.65. The number of likely N-dealkylation sites (tertiary alicyclic amines) is 1. The van der Waals surface area contributed by atoms with Crippen LogP contribution < -0.4 is 5.32 Å². The van der Waals surface area contributed by atoms with E-state index in [1.807, 2.05) is 0 Å². The van der Waals surface area contributed by atoms with Crippen LogP contribution in [0.3, 0.4) is 0 Å². The third kappa shape index (κ3) is 1.65. The molecule has 0 aromatic heterocycles. The fourth-order valence-corrected chi connectivity index (χ4v) is 2.88. The van der Waals surface area contributed by atoms with Gasteiger partial charge in [0.25, 0.3) is 0 Å². The van der Waals surface area contributed by atoms with Crippen molar-refractivity contribution in [3.05, 3.63) is 0 Å². The van der Waals surface area contributed by atoms with E-state index in [4.69, 9.17) is 0 Å². The first-order valence-electron chi connectivity index (χ1n) is 5.55. The van der Waals surface area contributed by atoms with E-state index < -0.39 is 0 Å². The summed E-state index contributed by atoms with van der Waals surface area (Å²) in [6, 6.07) is 0. The maximum absolute atomic E-state index is 11.4. The second kappa shape index (κ2) is 3.54. The van der Waals surface area contributed by atoms with Crippen molar-refractivity contribution in [1.82, 2.24) is 10.2 Å². The summed E-state index contributed by atoms with van der Waals surface area (Å²) in [7, 11) is 3.92. The van der Waals surface area contributed by atoms with Gasteiger partial charge >= 0.3 is 0 Å². The van der Waals surface area contributed by atoms with Gasteiger partial charge in [0.2, 0.25) is 5.91 Å². The molecular formula is C11H20N2O. The highest BCUT2D eigenvalue weighted by molar-refractivity contribution is 5.79. The van der Waals surface area contributed by atoms with E-state index in [2.05, 4.69) is 17.3 Å². The fourth-order valence-electron chi connectivity index (χ4n) is 2.88. The molecule has 1 amide bonds. The fraction of sp³-hybridized carbons (Fsp3) is 0.909. The Hall–Kier alpha value is -0.570. The molecule has 1 saturated carbocycles. The second-order valence-electron chi connectivity index (χ2n) is 5.02. The van der Waals surface area contributed by atoms with Crippen molar-refractivity contribution < 1.29 is 4.79 Å². The highest BCUT2D eigenvalue weighted by Gasteiger charge is 2.47. The molecule has 2 fully saturated rings. The van der Waals surface area contributed by atoms with Crippen molar-refractivity contribution in [2.75, 3.05) is 27.2 Å². The average molecular weight is 196 g/mol. The smallest absolute Gasteiger partial charge is 0.222 e. The molecule has 0 radical (unpaired) electrons. The van der Waals surface area contributed by atoms with Gasteiger partial charge in [-0.05, 0) is 51.2 Å². The largest absolute Gasteiger partial charge is 0.359 e. The summed E-state index contributed by atoms with van der Waals surface area (Å²) in [4.78, 5) is 13.8. The lowest BCUT2D eigenvalue weighted by Gasteiger charge is -2.51. The summed E-state index contributed by atoms with van der Waals surface area (Å²) in [6.07, 6.45) is 4.83. The Morgan fingerprint density at radius 2 is 1.93 bits per heavy atom. The first-order valence-corrected chi connectivity index (χ1v) is 5.55. The summed E-state index contributed by atoms with van der Waals surface area (Å²) < 4.78 is 0. The maximum Gasteiger partial charge on any atom is 0.222 e. The van der Waals surface area contributed by atoms with Crippen LogP contribution in [0, 0.1) is 11.3 Å². The molecule has 0 bridgehead atoms.